The van der Waals surface area contributed by atoms with E-state index in [1.54, 1.807) is 0 Å². The Morgan fingerprint density at radius 1 is 1.06 bits per heavy atom. The fraction of sp³-hybridized carbons (Fsp3) is 1.00. The summed E-state index contributed by atoms with van der Waals surface area (Å²) in [4.78, 5) is 5.55. The minimum absolute atomic E-state index is 0.605. The van der Waals surface area contributed by atoms with E-state index in [0.29, 0.717) is 4.75 Å². The van der Waals surface area contributed by atoms with Crippen molar-refractivity contribution in [2.75, 3.05) is 39.0 Å². The van der Waals surface area contributed by atoms with Gasteiger partial charge >= 0.3 is 0 Å². The molecule has 0 aromatic rings. The number of nitrogens with zero attached hydrogens (tertiary/aromatic N) is 2. The van der Waals surface area contributed by atoms with Gasteiger partial charge in [-0.3, -0.25) is 4.90 Å². The highest BCUT2D eigenvalue weighted by Gasteiger charge is 2.37. The van der Waals surface area contributed by atoms with Crippen molar-refractivity contribution in [1.82, 2.24) is 9.80 Å². The van der Waals surface area contributed by atoms with Crippen molar-refractivity contribution in [3.05, 3.63) is 0 Å². The number of hydrogen-bond acceptors (Lipinski definition) is 3. The Labute approximate surface area is 116 Å². The number of rotatable bonds is 3. The fourth-order valence-corrected chi connectivity index (χ4v) is 5.29. The normalized spacial score (nSPS) is 33.5. The van der Waals surface area contributed by atoms with E-state index in [0.717, 1.165) is 6.04 Å². The van der Waals surface area contributed by atoms with Gasteiger partial charge in [-0.2, -0.15) is 11.8 Å². The van der Waals surface area contributed by atoms with Crippen LogP contribution in [-0.4, -0.2) is 59.6 Å². The zero-order valence-electron chi connectivity index (χ0n) is 11.9. The zero-order valence-corrected chi connectivity index (χ0v) is 12.7. The molecule has 0 N–H and O–H groups in total. The molecule has 18 heavy (non-hydrogen) atoms. The van der Waals surface area contributed by atoms with Gasteiger partial charge in [-0.1, -0.05) is 12.8 Å². The third kappa shape index (κ3) is 2.73. The monoisotopic (exact) mass is 268 g/mol. The smallest absolute Gasteiger partial charge is 0.0284 e. The maximum absolute atomic E-state index is 2.80. The summed E-state index contributed by atoms with van der Waals surface area (Å²) in [5.74, 6) is 0. The first-order chi connectivity index (χ1) is 8.81. The van der Waals surface area contributed by atoms with Crippen molar-refractivity contribution < 1.29 is 0 Å². The molecule has 3 heteroatoms. The van der Waals surface area contributed by atoms with Crippen LogP contribution < -0.4 is 0 Å². The van der Waals surface area contributed by atoms with Crippen molar-refractivity contribution >= 4 is 11.8 Å². The third-order valence-electron chi connectivity index (χ3n) is 5.35. The van der Waals surface area contributed by atoms with Crippen LogP contribution in [0.4, 0.5) is 0 Å². The molecule has 1 aliphatic carbocycles. The van der Waals surface area contributed by atoms with E-state index in [1.807, 2.05) is 0 Å². The van der Waals surface area contributed by atoms with Crippen LogP contribution in [-0.2, 0) is 0 Å². The molecular weight excluding hydrogens is 240 g/mol. The number of hydrogen-bond donors (Lipinski definition) is 0. The molecular formula is C15H28N2S. The van der Waals surface area contributed by atoms with E-state index < -0.39 is 0 Å². The molecule has 0 radical (unpaired) electrons. The molecule has 0 bridgehead atoms. The van der Waals surface area contributed by atoms with Gasteiger partial charge in [-0.25, -0.2) is 0 Å². The lowest BCUT2D eigenvalue weighted by Crippen LogP contribution is -2.43. The molecule has 3 fully saturated rings. The average Bonchev–Trinajstić information content (AvgIpc) is 2.97. The molecule has 0 aromatic carbocycles. The van der Waals surface area contributed by atoms with Gasteiger partial charge in [0.1, 0.15) is 0 Å². The minimum atomic E-state index is 0.605. The topological polar surface area (TPSA) is 6.48 Å². The Bertz CT molecular complexity index is 276. The summed E-state index contributed by atoms with van der Waals surface area (Å²) in [6, 6.07) is 0.882. The van der Waals surface area contributed by atoms with Gasteiger partial charge in [-0.15, -0.1) is 0 Å². The minimum Gasteiger partial charge on any atom is -0.300 e. The van der Waals surface area contributed by atoms with Crippen molar-refractivity contribution in [1.29, 1.82) is 0 Å². The second-order valence-corrected chi connectivity index (χ2v) is 7.79. The van der Waals surface area contributed by atoms with Crippen molar-refractivity contribution in [2.45, 2.75) is 55.7 Å². The lowest BCUT2D eigenvalue weighted by Gasteiger charge is -2.34. The van der Waals surface area contributed by atoms with Crippen molar-refractivity contribution in [3.8, 4) is 0 Å². The second kappa shape index (κ2) is 5.72. The quantitative estimate of drug-likeness (QED) is 0.777. The van der Waals surface area contributed by atoms with E-state index >= 15 is 0 Å². The van der Waals surface area contributed by atoms with Gasteiger partial charge in [0.15, 0.2) is 0 Å². The first-order valence-corrected chi connectivity index (χ1v) is 9.05. The number of thioether (sulfide) groups is 1. The fourth-order valence-electron chi connectivity index (χ4n) is 4.28. The highest BCUT2D eigenvalue weighted by Crippen LogP contribution is 2.41. The van der Waals surface area contributed by atoms with Crippen LogP contribution in [0.25, 0.3) is 0 Å². The Kier molecular flexibility index (Phi) is 4.21. The Balaban J connectivity index is 1.61. The van der Waals surface area contributed by atoms with Gasteiger partial charge in [0.25, 0.3) is 0 Å². The van der Waals surface area contributed by atoms with E-state index in [4.69, 9.17) is 0 Å². The molecule has 1 atom stereocenters. The van der Waals surface area contributed by atoms with Crippen LogP contribution in [0.5, 0.6) is 0 Å². The van der Waals surface area contributed by atoms with Crippen LogP contribution in [0, 0.1) is 0 Å². The molecule has 1 unspecified atom stereocenters. The van der Waals surface area contributed by atoms with Gasteiger partial charge in [0.2, 0.25) is 0 Å². The Morgan fingerprint density at radius 3 is 2.61 bits per heavy atom. The van der Waals surface area contributed by atoms with Crippen LogP contribution in [0.15, 0.2) is 0 Å². The molecule has 0 amide bonds. The lowest BCUT2D eigenvalue weighted by atomic mass is 10.1. The first-order valence-electron chi connectivity index (χ1n) is 7.83. The van der Waals surface area contributed by atoms with Gasteiger partial charge in [0.05, 0.1) is 0 Å². The molecule has 3 rings (SSSR count). The lowest BCUT2D eigenvalue weighted by molar-refractivity contribution is 0.207. The first kappa shape index (κ1) is 13.3. The maximum atomic E-state index is 2.80. The standard InChI is InChI=1S/C15H28N2S/c1-18-15(7-2-3-8-15)13-16-9-5-11-17-10-4-6-14(17)12-16/h14H,2-13H2,1H3. The molecule has 2 saturated heterocycles. The van der Waals surface area contributed by atoms with Gasteiger partial charge < -0.3 is 4.90 Å². The summed E-state index contributed by atoms with van der Waals surface area (Å²) in [7, 11) is 0. The zero-order chi connectivity index (χ0) is 12.4. The molecule has 1 saturated carbocycles. The molecule has 104 valence electrons. The maximum Gasteiger partial charge on any atom is 0.0284 e. The van der Waals surface area contributed by atoms with Gasteiger partial charge in [0, 0.05) is 23.9 Å². The molecule has 2 heterocycles. The van der Waals surface area contributed by atoms with E-state index in [2.05, 4.69) is 27.8 Å². The summed E-state index contributed by atoms with van der Waals surface area (Å²) < 4.78 is 0.605. The average molecular weight is 268 g/mol. The van der Waals surface area contributed by atoms with E-state index in [-0.39, 0.29) is 0 Å². The highest BCUT2D eigenvalue weighted by molar-refractivity contribution is 8.00. The van der Waals surface area contributed by atoms with Crippen LogP contribution in [0.3, 0.4) is 0 Å². The predicted octanol–water partition coefficient (Wildman–Crippen LogP) is 2.83. The summed E-state index contributed by atoms with van der Waals surface area (Å²) in [6.07, 6.45) is 12.5. The van der Waals surface area contributed by atoms with Crippen LogP contribution >= 0.6 is 11.8 Å². The van der Waals surface area contributed by atoms with Gasteiger partial charge in [-0.05, 0) is 58.0 Å². The predicted molar refractivity (Wildman–Crippen MR) is 80.4 cm³/mol. The second-order valence-electron chi connectivity index (χ2n) is 6.51. The Hall–Kier alpha value is 0.270. The molecule has 0 spiro atoms. The Morgan fingerprint density at radius 2 is 1.83 bits per heavy atom. The van der Waals surface area contributed by atoms with E-state index in [1.165, 1.54) is 77.7 Å². The summed E-state index contributed by atoms with van der Waals surface area (Å²) in [5.41, 5.74) is 0. The summed E-state index contributed by atoms with van der Waals surface area (Å²) >= 11 is 2.15. The number of fused-ring (bicyclic) bond motifs is 1. The van der Waals surface area contributed by atoms with Crippen LogP contribution in [0.1, 0.15) is 44.9 Å². The molecule has 2 aliphatic heterocycles. The summed E-state index contributed by atoms with van der Waals surface area (Å²) in [5, 5.41) is 0. The molecule has 2 nitrogen and oxygen atoms in total. The third-order valence-corrected chi connectivity index (χ3v) is 6.75. The molecule has 0 aromatic heterocycles. The highest BCUT2D eigenvalue weighted by atomic mass is 32.2. The SMILES string of the molecule is CSC1(CN2CCCN3CCCC3C2)CCCC1. The van der Waals surface area contributed by atoms with Crippen molar-refractivity contribution in [3.63, 3.8) is 0 Å². The summed E-state index contributed by atoms with van der Waals surface area (Å²) in [6.45, 7) is 6.77. The van der Waals surface area contributed by atoms with Crippen molar-refractivity contribution in [2.24, 2.45) is 0 Å². The van der Waals surface area contributed by atoms with E-state index in [9.17, 15) is 0 Å². The largest absolute Gasteiger partial charge is 0.300 e. The van der Waals surface area contributed by atoms with Crippen LogP contribution in [0.2, 0.25) is 0 Å². The molecule has 3 aliphatic rings.